The van der Waals surface area contributed by atoms with Crippen molar-refractivity contribution in [2.75, 3.05) is 18.6 Å². The van der Waals surface area contributed by atoms with Gasteiger partial charge < -0.3 is 10.1 Å². The number of nitrogens with zero attached hydrogens (tertiary/aromatic N) is 1. The van der Waals surface area contributed by atoms with Crippen LogP contribution in [0.3, 0.4) is 0 Å². The Hall–Kier alpha value is -1.08. The van der Waals surface area contributed by atoms with Gasteiger partial charge >= 0.3 is 0 Å². The maximum absolute atomic E-state index is 12.3. The number of benzene rings is 1. The number of rotatable bonds is 3. The number of piperazine rings is 1. The Morgan fingerprint density at radius 1 is 1.29 bits per heavy atom. The van der Waals surface area contributed by atoms with E-state index in [4.69, 9.17) is 4.74 Å². The molecule has 114 valence electrons. The molecule has 5 nitrogen and oxygen atoms in total. The molecule has 7 heteroatoms. The van der Waals surface area contributed by atoms with Crippen molar-refractivity contribution in [1.29, 1.82) is 0 Å². The number of halogens is 2. The molecule has 2 amide bonds. The van der Waals surface area contributed by atoms with Crippen molar-refractivity contribution in [3.05, 3.63) is 21.1 Å². The number of carbonyl (C=O) groups excluding carboxylic acids is 2. The van der Waals surface area contributed by atoms with Crippen molar-refractivity contribution in [3.8, 4) is 5.75 Å². The third-order valence-corrected chi connectivity index (χ3v) is 4.60. The Labute approximate surface area is 140 Å². The number of hydrogen-bond donors (Lipinski definition) is 1. The topological polar surface area (TPSA) is 58.6 Å². The molecule has 0 radical (unpaired) electrons. The first kappa shape index (κ1) is 16.3. The van der Waals surface area contributed by atoms with Crippen LogP contribution in [0.4, 0.5) is 5.69 Å². The van der Waals surface area contributed by atoms with Gasteiger partial charge in [-0.15, -0.1) is 0 Å². The number of anilines is 1. The van der Waals surface area contributed by atoms with Crippen LogP contribution in [-0.2, 0) is 9.59 Å². The number of amides is 2. The third-order valence-electron chi connectivity index (χ3n) is 3.34. The Kier molecular flexibility index (Phi) is 4.93. The zero-order valence-corrected chi connectivity index (χ0v) is 15.1. The monoisotopic (exact) mass is 418 g/mol. The molecule has 0 aliphatic carbocycles. The summed E-state index contributed by atoms with van der Waals surface area (Å²) >= 11 is 6.86. The van der Waals surface area contributed by atoms with Crippen molar-refractivity contribution in [2.45, 2.75) is 19.9 Å². The van der Waals surface area contributed by atoms with E-state index in [2.05, 4.69) is 37.2 Å². The van der Waals surface area contributed by atoms with Gasteiger partial charge in [-0.25, -0.2) is 0 Å². The molecule has 0 saturated carbocycles. The van der Waals surface area contributed by atoms with Crippen LogP contribution in [0.15, 0.2) is 21.1 Å². The second kappa shape index (κ2) is 6.36. The lowest BCUT2D eigenvalue weighted by Crippen LogP contribution is -2.60. The third kappa shape index (κ3) is 3.08. The van der Waals surface area contributed by atoms with Crippen LogP contribution < -0.4 is 15.0 Å². The van der Waals surface area contributed by atoms with Gasteiger partial charge in [0.15, 0.2) is 0 Å². The van der Waals surface area contributed by atoms with Crippen LogP contribution >= 0.6 is 31.9 Å². The molecule has 0 bridgehead atoms. The van der Waals surface area contributed by atoms with Crippen molar-refractivity contribution in [3.63, 3.8) is 0 Å². The molecule has 1 aromatic carbocycles. The van der Waals surface area contributed by atoms with Crippen molar-refractivity contribution in [2.24, 2.45) is 5.92 Å². The molecule has 0 spiro atoms. The molecule has 21 heavy (non-hydrogen) atoms. The molecule has 1 N–H and O–H groups in total. The fraction of sp³-hybridized carbons (Fsp3) is 0.429. The van der Waals surface area contributed by atoms with Crippen molar-refractivity contribution in [1.82, 2.24) is 5.32 Å². The predicted molar refractivity (Wildman–Crippen MR) is 87.5 cm³/mol. The summed E-state index contributed by atoms with van der Waals surface area (Å²) in [6.45, 7) is 3.84. The fourth-order valence-corrected chi connectivity index (χ4v) is 3.72. The Balaban J connectivity index is 2.55. The van der Waals surface area contributed by atoms with E-state index >= 15 is 0 Å². The highest BCUT2D eigenvalue weighted by molar-refractivity contribution is 9.11. The maximum atomic E-state index is 12.3. The van der Waals surface area contributed by atoms with E-state index in [1.54, 1.807) is 18.1 Å². The molecule has 1 atom stereocenters. The molecule has 1 heterocycles. The minimum atomic E-state index is -0.534. The average Bonchev–Trinajstić information content (AvgIpc) is 2.41. The second-order valence-corrected chi connectivity index (χ2v) is 6.82. The minimum absolute atomic E-state index is 0.00390. The van der Waals surface area contributed by atoms with Gasteiger partial charge in [-0.1, -0.05) is 13.8 Å². The largest absolute Gasteiger partial charge is 0.495 e. The lowest BCUT2D eigenvalue weighted by Gasteiger charge is -2.37. The quantitative estimate of drug-likeness (QED) is 0.819. The van der Waals surface area contributed by atoms with E-state index in [1.807, 2.05) is 19.9 Å². The summed E-state index contributed by atoms with van der Waals surface area (Å²) in [6.07, 6.45) is 0. The minimum Gasteiger partial charge on any atom is -0.495 e. The van der Waals surface area contributed by atoms with Crippen LogP contribution in [0.1, 0.15) is 13.8 Å². The lowest BCUT2D eigenvalue weighted by atomic mass is 9.98. The van der Waals surface area contributed by atoms with E-state index in [-0.39, 0.29) is 24.3 Å². The zero-order valence-electron chi connectivity index (χ0n) is 11.9. The molecule has 1 saturated heterocycles. The SMILES string of the molecule is COc1cc(N2C(=O)CNC(=O)C2C(C)C)c(Br)cc1Br. The summed E-state index contributed by atoms with van der Waals surface area (Å²) in [6, 6.07) is 3.03. The molecule has 1 fully saturated rings. The summed E-state index contributed by atoms with van der Waals surface area (Å²) in [5.74, 6) is 0.321. The number of nitrogens with one attached hydrogen (secondary N) is 1. The first-order chi connectivity index (χ1) is 9.86. The first-order valence-electron chi connectivity index (χ1n) is 6.49. The highest BCUT2D eigenvalue weighted by Gasteiger charge is 2.38. The highest BCUT2D eigenvalue weighted by atomic mass is 79.9. The molecule has 1 aliphatic rings. The van der Waals surface area contributed by atoms with E-state index in [0.29, 0.717) is 11.4 Å². The molecule has 1 unspecified atom stereocenters. The summed E-state index contributed by atoms with van der Waals surface area (Å²) < 4.78 is 6.78. The number of ether oxygens (including phenoxy) is 1. The van der Waals surface area contributed by atoms with Crippen LogP contribution in [0.2, 0.25) is 0 Å². The number of hydrogen-bond acceptors (Lipinski definition) is 3. The summed E-state index contributed by atoms with van der Waals surface area (Å²) in [5.41, 5.74) is 0.633. The maximum Gasteiger partial charge on any atom is 0.247 e. The standard InChI is InChI=1S/C14H16Br2N2O3/c1-7(2)13-14(20)17-6-12(19)18(13)10-5-11(21-3)9(16)4-8(10)15/h4-5,7,13H,6H2,1-3H3,(H,17,20). The van der Waals surface area contributed by atoms with Gasteiger partial charge in [-0.3, -0.25) is 14.5 Å². The van der Waals surface area contributed by atoms with E-state index in [0.717, 1.165) is 8.95 Å². The van der Waals surface area contributed by atoms with Gasteiger partial charge in [-0.05, 0) is 43.8 Å². The Bertz CT molecular complexity index is 590. The normalized spacial score (nSPS) is 19.0. The van der Waals surface area contributed by atoms with Crippen molar-refractivity contribution >= 4 is 49.4 Å². The number of carbonyl (C=O) groups is 2. The van der Waals surface area contributed by atoms with Crippen LogP contribution in [0.25, 0.3) is 0 Å². The molecular weight excluding hydrogens is 404 g/mol. The predicted octanol–water partition coefficient (Wildman–Crippen LogP) is 2.71. The van der Waals surface area contributed by atoms with Gasteiger partial charge in [0.2, 0.25) is 11.8 Å². The first-order valence-corrected chi connectivity index (χ1v) is 8.08. The van der Waals surface area contributed by atoms with Crippen LogP contribution in [0, 0.1) is 5.92 Å². The molecule has 0 aromatic heterocycles. The highest BCUT2D eigenvalue weighted by Crippen LogP contribution is 2.38. The van der Waals surface area contributed by atoms with Crippen molar-refractivity contribution < 1.29 is 14.3 Å². The molecule has 2 rings (SSSR count). The zero-order chi connectivity index (χ0) is 15.7. The number of methoxy groups -OCH3 is 1. The summed E-state index contributed by atoms with van der Waals surface area (Å²) in [7, 11) is 1.56. The summed E-state index contributed by atoms with van der Waals surface area (Å²) in [5, 5.41) is 2.64. The van der Waals surface area contributed by atoms with Crippen LogP contribution in [0.5, 0.6) is 5.75 Å². The molecule has 1 aliphatic heterocycles. The van der Waals surface area contributed by atoms with E-state index in [9.17, 15) is 9.59 Å². The Morgan fingerprint density at radius 3 is 2.52 bits per heavy atom. The van der Waals surface area contributed by atoms with Gasteiger partial charge in [0.05, 0.1) is 23.8 Å². The average molecular weight is 420 g/mol. The molecule has 1 aromatic rings. The van der Waals surface area contributed by atoms with E-state index in [1.165, 1.54) is 0 Å². The van der Waals surface area contributed by atoms with Gasteiger partial charge in [-0.2, -0.15) is 0 Å². The fourth-order valence-electron chi connectivity index (χ4n) is 2.37. The van der Waals surface area contributed by atoms with Gasteiger partial charge in [0.1, 0.15) is 11.8 Å². The van der Waals surface area contributed by atoms with Gasteiger partial charge in [0.25, 0.3) is 0 Å². The lowest BCUT2D eigenvalue weighted by molar-refractivity contribution is -0.131. The second-order valence-electron chi connectivity index (χ2n) is 5.11. The smallest absolute Gasteiger partial charge is 0.247 e. The summed E-state index contributed by atoms with van der Waals surface area (Å²) in [4.78, 5) is 26.0. The van der Waals surface area contributed by atoms with Gasteiger partial charge in [0, 0.05) is 10.5 Å². The van der Waals surface area contributed by atoms with E-state index < -0.39 is 6.04 Å². The molecular formula is C14H16Br2N2O3. The Morgan fingerprint density at radius 2 is 1.95 bits per heavy atom. The van der Waals surface area contributed by atoms with Crippen LogP contribution in [-0.4, -0.2) is 31.5 Å².